The molecule has 145 heavy (non-hydrogen) atoms. The van der Waals surface area contributed by atoms with Crippen LogP contribution in [0, 0.1) is 43.3 Å². The minimum absolute atomic E-state index is 0.00381. The van der Waals surface area contributed by atoms with Gasteiger partial charge in [0.15, 0.2) is 50.3 Å². The van der Waals surface area contributed by atoms with Crippen molar-refractivity contribution in [2.45, 2.75) is 336 Å². The molecule has 0 saturated heterocycles. The molecule has 0 aliphatic rings. The van der Waals surface area contributed by atoms with Gasteiger partial charge in [-0.2, -0.15) is 9.13 Å². The number of carbonyl (C=O) groups excluding carboxylic acids is 10. The van der Waals surface area contributed by atoms with Crippen molar-refractivity contribution in [3.8, 4) is 22.3 Å². The quantitative estimate of drug-likeness (QED) is 0.0209. The summed E-state index contributed by atoms with van der Waals surface area (Å²) in [6, 6.07) is 46.6. The lowest BCUT2D eigenvalue weighted by Gasteiger charge is -2.26. The van der Waals surface area contributed by atoms with E-state index >= 15 is 0 Å². The third kappa shape index (κ3) is 53.6. The number of amides is 2. The molecule has 0 bridgehead atoms. The number of nitrogens with zero attached hydrogens (tertiary/aromatic N) is 8. The Morgan fingerprint density at radius 3 is 1.12 bits per heavy atom. The number of ether oxygens (including phenoxy) is 8. The Balaban J connectivity index is 0.000000564. The van der Waals surface area contributed by atoms with E-state index in [0.717, 1.165) is 48.2 Å². The minimum Gasteiger partial charge on any atom is -0.462 e. The number of rotatable bonds is 27. The Labute approximate surface area is 864 Å². The van der Waals surface area contributed by atoms with Crippen LogP contribution in [-0.4, -0.2) is 136 Å². The fourth-order valence-corrected chi connectivity index (χ4v) is 10.8. The lowest BCUT2D eigenvalue weighted by Crippen LogP contribution is -2.40. The molecular formula is C116H175N10O19+5. The zero-order valence-corrected chi connectivity index (χ0v) is 93.9. The van der Waals surface area contributed by atoms with E-state index in [1.165, 1.54) is 23.2 Å². The van der Waals surface area contributed by atoms with E-state index in [0.29, 0.717) is 18.5 Å². The van der Waals surface area contributed by atoms with Crippen LogP contribution in [0.5, 0.6) is 0 Å². The second-order valence-electron chi connectivity index (χ2n) is 44.9. The Morgan fingerprint density at radius 2 is 0.703 bits per heavy atom. The van der Waals surface area contributed by atoms with Crippen LogP contribution in [0.4, 0.5) is 0 Å². The maximum Gasteiger partial charge on any atom is 0.397 e. The first kappa shape index (κ1) is 128. The van der Waals surface area contributed by atoms with E-state index in [-0.39, 0.29) is 160 Å². The van der Waals surface area contributed by atoms with Crippen LogP contribution >= 0.6 is 0 Å². The molecule has 6 aromatic heterocycles. The Hall–Kier alpha value is -12.8. The molecule has 0 unspecified atom stereocenters. The van der Waals surface area contributed by atoms with Gasteiger partial charge in [0.1, 0.15) is 80.2 Å². The zero-order chi connectivity index (χ0) is 110. The summed E-state index contributed by atoms with van der Waals surface area (Å²) in [5.74, 6) is -4.37. The summed E-state index contributed by atoms with van der Waals surface area (Å²) in [5.41, 5.74) is 5.49. The first-order valence-corrected chi connectivity index (χ1v) is 49.9. The molecule has 0 aliphatic heterocycles. The molecule has 2 amide bonds. The second kappa shape index (κ2) is 60.8. The van der Waals surface area contributed by atoms with Gasteiger partial charge in [-0.05, 0) is 153 Å². The summed E-state index contributed by atoms with van der Waals surface area (Å²) in [7, 11) is 5.29. The SMILES string of the molecule is CCCNC(=O)C(=O)O[C@H](C)C(C)(C)C.CNC(=O)C(=O)O[C@H](C)C(C)(C)C.C[C@@H](OC(=O)CCCn1cc[n+](C)c1)C(C)(C)C.C[C@@H](OC(=O)C[n+]1ccc(-c2ccccc2)cc1)C(C)(C)C.C[C@@H](OC(=O)C[n+]1cccc(-c2ccccc2)c1)C(C)(C)C.C[C@@H](OC(=O)Cn1cc[n+](C)c1)C(C)(C)C.C[C@@H](OC(=O)Cn1ccccc1=O)C(C)(C)C.C[C@@H](OC(=O)c1ccc(C[n+]2ccccc2)cc1)C(C)(C)C. The molecule has 29 nitrogen and oxygen atoms in total. The highest BCUT2D eigenvalue weighted by Crippen LogP contribution is 2.29. The Bertz CT molecular complexity index is 5460. The molecule has 29 heteroatoms. The standard InChI is InChI=1S/3C19H24NO2.C14H25N2O2.C13H19NO3.C12H21N2O2.C11H21NO3.C9H17NO3/c1-15(19(2,3)4)22-18(21)17-10-8-16(9-11-17)14-20-12-6-5-7-13-20;1-15(19(2,3)4)22-18(21)14-20-12-8-11-17(13-20)16-9-6-5-7-10-16;1-15(19(2,3)4)22-18(21)14-20-12-10-17(11-13-20)16-8-6-5-7-9-16;1-12(14(2,3)4)18-13(17)7-6-8-16-10-9-15(5)11-16;1-10(13(2,3)4)17-12(16)9-14-8-6-5-7-11(14)15;1-10(12(2,3)4)16-11(15)8-14-7-6-13(5)9-14;1-6-7-12-9(13)10(14)15-8(2)11(3,4)5;1-6(9(2,3)4)13-8(12)7(11)10-5/h3*5-13,15H,14H2,1-4H3;9-12H,6-8H2,1-5H3;5-8,10H,9H2,1-4H3;6-7,9-10H,8H2,1-5H3;8H,6-7H2,1-5H3,(H,12,13);6H,1-5H3,(H,10,11)/q4*+1;;+1;;/t3*15-;12-;2*10-;8-;6-/m11111111/s1. The lowest BCUT2D eigenvalue weighted by atomic mass is 9.90. The summed E-state index contributed by atoms with van der Waals surface area (Å²) in [4.78, 5) is 127. The number of aromatic nitrogens is 8. The summed E-state index contributed by atoms with van der Waals surface area (Å²) < 4.78 is 57.3. The largest absolute Gasteiger partial charge is 0.462 e. The van der Waals surface area contributed by atoms with Crippen LogP contribution in [0.15, 0.2) is 231 Å². The smallest absolute Gasteiger partial charge is 0.397 e. The first-order chi connectivity index (χ1) is 67.0. The molecule has 0 saturated carbocycles. The number of pyridine rings is 4. The molecule has 6 heterocycles. The predicted octanol–water partition coefficient (Wildman–Crippen LogP) is 18.2. The van der Waals surface area contributed by atoms with Gasteiger partial charge in [0.2, 0.25) is 25.7 Å². The van der Waals surface area contributed by atoms with Crippen molar-refractivity contribution in [2.24, 2.45) is 57.4 Å². The van der Waals surface area contributed by atoms with Crippen LogP contribution in [-0.2, 0) is 134 Å². The molecule has 0 spiro atoms. The van der Waals surface area contributed by atoms with Crippen molar-refractivity contribution in [1.82, 2.24) is 24.3 Å². The molecule has 9 aromatic rings. The minimum atomic E-state index is -0.829. The van der Waals surface area contributed by atoms with E-state index < -0.39 is 23.8 Å². The highest BCUT2D eigenvalue weighted by molar-refractivity contribution is 6.32. The lowest BCUT2D eigenvalue weighted by molar-refractivity contribution is -0.688. The van der Waals surface area contributed by atoms with Crippen LogP contribution in [0.3, 0.4) is 0 Å². The van der Waals surface area contributed by atoms with E-state index in [9.17, 15) is 52.7 Å². The van der Waals surface area contributed by atoms with Crippen molar-refractivity contribution in [3.05, 3.63) is 248 Å². The molecule has 2 N–H and O–H groups in total. The maximum atomic E-state index is 12.1. The third-order valence-corrected chi connectivity index (χ3v) is 24.2. The van der Waals surface area contributed by atoms with E-state index in [1.54, 1.807) is 36.7 Å². The number of likely N-dealkylation sites (N-methyl/N-ethyl adjacent to an activating group) is 1. The number of imidazole rings is 2. The van der Waals surface area contributed by atoms with Crippen molar-refractivity contribution in [1.29, 1.82) is 0 Å². The number of hydrogen-bond donors (Lipinski definition) is 2. The van der Waals surface area contributed by atoms with Gasteiger partial charge in [-0.1, -0.05) is 258 Å². The molecule has 3 aromatic carbocycles. The highest BCUT2D eigenvalue weighted by Gasteiger charge is 2.33. The summed E-state index contributed by atoms with van der Waals surface area (Å²) in [5, 5.41) is 4.68. The maximum absolute atomic E-state index is 12.1. The second-order valence-corrected chi connectivity index (χ2v) is 44.9. The molecule has 8 atom stereocenters. The van der Waals surface area contributed by atoms with Gasteiger partial charge >= 0.3 is 59.6 Å². The van der Waals surface area contributed by atoms with E-state index in [4.69, 9.17) is 37.9 Å². The average molecular weight is 2010 g/mol. The fourth-order valence-electron chi connectivity index (χ4n) is 10.8. The van der Waals surface area contributed by atoms with Crippen LogP contribution < -0.4 is 39.0 Å². The van der Waals surface area contributed by atoms with Crippen LogP contribution in [0.2, 0.25) is 0 Å². The van der Waals surface area contributed by atoms with Crippen LogP contribution in [0.1, 0.15) is 264 Å². The number of benzene rings is 3. The fraction of sp³-hybridized carbons (Fsp3) is 0.534. The molecular weight excluding hydrogens is 1840 g/mol. The molecule has 9 rings (SSSR count). The van der Waals surface area contributed by atoms with Gasteiger partial charge in [-0.25, -0.2) is 51.6 Å². The number of hydrogen-bond acceptors (Lipinski definition) is 19. The van der Waals surface area contributed by atoms with Gasteiger partial charge < -0.3 is 53.1 Å². The van der Waals surface area contributed by atoms with Crippen molar-refractivity contribution >= 4 is 59.6 Å². The Kier molecular flexibility index (Phi) is 53.8. The third-order valence-electron chi connectivity index (χ3n) is 24.2. The molecule has 0 fully saturated rings. The van der Waals surface area contributed by atoms with Gasteiger partial charge in [0, 0.05) is 73.7 Å². The summed E-state index contributed by atoms with van der Waals surface area (Å²) in [6.45, 7) is 68.4. The van der Waals surface area contributed by atoms with Crippen LogP contribution in [0.25, 0.3) is 22.3 Å². The molecule has 798 valence electrons. The number of nitrogens with one attached hydrogen (secondary N) is 2. The average Bonchev–Trinajstić information content (AvgIpc) is 1.40. The highest BCUT2D eigenvalue weighted by atomic mass is 16.6. The predicted molar refractivity (Wildman–Crippen MR) is 564 cm³/mol. The molecule has 0 radical (unpaired) electrons. The van der Waals surface area contributed by atoms with Gasteiger partial charge in [0.05, 0.1) is 26.2 Å². The van der Waals surface area contributed by atoms with Gasteiger partial charge in [0.25, 0.3) is 5.56 Å². The normalized spacial score (nSPS) is 13.0. The monoisotopic (exact) mass is 2010 g/mol. The first-order valence-electron chi connectivity index (χ1n) is 49.9. The number of esters is 8. The van der Waals surface area contributed by atoms with Crippen molar-refractivity contribution in [2.75, 3.05) is 13.6 Å². The van der Waals surface area contributed by atoms with Gasteiger partial charge in [-0.15, -0.1) is 0 Å². The number of aryl methyl sites for hydroxylation is 3. The van der Waals surface area contributed by atoms with E-state index in [2.05, 4.69) is 148 Å². The number of carbonyl (C=O) groups is 10. The zero-order valence-electron chi connectivity index (χ0n) is 93.9. The van der Waals surface area contributed by atoms with Crippen molar-refractivity contribution in [3.63, 3.8) is 0 Å². The van der Waals surface area contributed by atoms with Gasteiger partial charge in [-0.3, -0.25) is 24.0 Å². The molecule has 0 aliphatic carbocycles. The van der Waals surface area contributed by atoms with Crippen molar-refractivity contribution < 1.29 is 109 Å². The summed E-state index contributed by atoms with van der Waals surface area (Å²) in [6.07, 6.45) is 25.7. The van der Waals surface area contributed by atoms with E-state index in [1.807, 2.05) is 321 Å². The topological polar surface area (TPSA) is 320 Å². The summed E-state index contributed by atoms with van der Waals surface area (Å²) >= 11 is 0. The Morgan fingerprint density at radius 1 is 0.345 bits per heavy atom.